The van der Waals surface area contributed by atoms with Crippen LogP contribution < -0.4 is 15.4 Å². The van der Waals surface area contributed by atoms with E-state index < -0.39 is 4.92 Å². The van der Waals surface area contributed by atoms with Crippen molar-refractivity contribution in [3.8, 4) is 11.5 Å². The number of nitro groups is 1. The van der Waals surface area contributed by atoms with E-state index in [1.165, 1.54) is 42.5 Å². The van der Waals surface area contributed by atoms with Crippen molar-refractivity contribution < 1.29 is 19.2 Å². The van der Waals surface area contributed by atoms with E-state index in [0.29, 0.717) is 16.9 Å². The van der Waals surface area contributed by atoms with Gasteiger partial charge in [0.2, 0.25) is 5.75 Å². The Bertz CT molecular complexity index is 1090. The van der Waals surface area contributed by atoms with Crippen LogP contribution in [0.5, 0.6) is 11.5 Å². The lowest BCUT2D eigenvalue weighted by atomic mass is 10.2. The molecule has 158 valence electrons. The molecule has 3 aromatic rings. The zero-order chi connectivity index (χ0) is 22.2. The van der Waals surface area contributed by atoms with Crippen molar-refractivity contribution in [1.82, 2.24) is 10.6 Å². The summed E-state index contributed by atoms with van der Waals surface area (Å²) in [6.45, 7) is 0.535. The number of carbonyl (C=O) groups is 2. The molecule has 0 aromatic heterocycles. The second-order valence-corrected chi connectivity index (χ2v) is 6.81. The maximum Gasteiger partial charge on any atom is 0.313 e. The van der Waals surface area contributed by atoms with Gasteiger partial charge in [-0.2, -0.15) is 0 Å². The van der Waals surface area contributed by atoms with E-state index in [9.17, 15) is 19.7 Å². The second-order valence-electron chi connectivity index (χ2n) is 6.37. The molecular weight excluding hydrogens is 422 g/mol. The molecule has 0 saturated heterocycles. The molecule has 9 heteroatoms. The van der Waals surface area contributed by atoms with E-state index in [1.807, 2.05) is 6.07 Å². The van der Waals surface area contributed by atoms with Crippen molar-refractivity contribution in [3.63, 3.8) is 0 Å². The molecule has 0 aliphatic heterocycles. The minimum atomic E-state index is -0.584. The monoisotopic (exact) mass is 439 g/mol. The molecule has 2 amide bonds. The average molecular weight is 440 g/mol. The Morgan fingerprint density at radius 3 is 2.03 bits per heavy atom. The first-order chi connectivity index (χ1) is 14.9. The van der Waals surface area contributed by atoms with E-state index in [2.05, 4.69) is 10.6 Å². The minimum Gasteiger partial charge on any atom is -0.450 e. The van der Waals surface area contributed by atoms with Crippen molar-refractivity contribution in [3.05, 3.63) is 99.1 Å². The quantitative estimate of drug-likeness (QED) is 0.310. The van der Waals surface area contributed by atoms with Crippen molar-refractivity contribution in [1.29, 1.82) is 0 Å². The number of nitrogens with zero attached hydrogens (tertiary/aromatic N) is 1. The Morgan fingerprint density at radius 2 is 1.45 bits per heavy atom. The number of ether oxygens (including phenoxy) is 1. The topological polar surface area (TPSA) is 111 Å². The normalized spacial score (nSPS) is 10.2. The van der Waals surface area contributed by atoms with Gasteiger partial charge in [0.05, 0.1) is 4.92 Å². The van der Waals surface area contributed by atoms with Gasteiger partial charge in [-0.25, -0.2) is 0 Å². The number of amides is 2. The molecule has 0 heterocycles. The standard InChI is InChI=1S/C22H18ClN3O5/c23-17-8-11-20(19(14-17)26(29)30)31-18-9-6-16(7-10-18)22(28)25-13-12-24-21(27)15-4-2-1-3-5-15/h1-11,14H,12-13H2,(H,24,27)(H,25,28). The van der Waals surface area contributed by atoms with Gasteiger partial charge in [0.1, 0.15) is 5.75 Å². The van der Waals surface area contributed by atoms with Crippen LogP contribution in [0, 0.1) is 10.1 Å². The lowest BCUT2D eigenvalue weighted by molar-refractivity contribution is -0.385. The Balaban J connectivity index is 1.51. The Morgan fingerprint density at radius 1 is 0.871 bits per heavy atom. The summed E-state index contributed by atoms with van der Waals surface area (Å²) < 4.78 is 5.55. The largest absolute Gasteiger partial charge is 0.450 e. The van der Waals surface area contributed by atoms with Gasteiger partial charge < -0.3 is 15.4 Å². The van der Waals surface area contributed by atoms with Crippen LogP contribution in [-0.4, -0.2) is 29.8 Å². The molecule has 0 bridgehead atoms. The van der Waals surface area contributed by atoms with Crippen LogP contribution >= 0.6 is 11.6 Å². The molecule has 8 nitrogen and oxygen atoms in total. The van der Waals surface area contributed by atoms with Crippen LogP contribution in [0.2, 0.25) is 5.02 Å². The van der Waals surface area contributed by atoms with Crippen molar-refractivity contribution in [2.24, 2.45) is 0 Å². The fourth-order valence-corrected chi connectivity index (χ4v) is 2.83. The maximum absolute atomic E-state index is 12.2. The molecular formula is C22H18ClN3O5. The predicted molar refractivity (Wildman–Crippen MR) is 116 cm³/mol. The minimum absolute atomic E-state index is 0.0424. The molecule has 0 aliphatic rings. The van der Waals surface area contributed by atoms with Gasteiger partial charge in [0.25, 0.3) is 11.8 Å². The molecule has 31 heavy (non-hydrogen) atoms. The van der Waals surface area contributed by atoms with Crippen LogP contribution in [0.15, 0.2) is 72.8 Å². The van der Waals surface area contributed by atoms with Crippen LogP contribution in [0.1, 0.15) is 20.7 Å². The Labute approximate surface area is 182 Å². The highest BCUT2D eigenvalue weighted by Crippen LogP contribution is 2.33. The van der Waals surface area contributed by atoms with Gasteiger partial charge in [0.15, 0.2) is 0 Å². The highest BCUT2D eigenvalue weighted by molar-refractivity contribution is 6.30. The van der Waals surface area contributed by atoms with E-state index in [-0.39, 0.29) is 41.4 Å². The maximum atomic E-state index is 12.2. The predicted octanol–water partition coefficient (Wildman–Crippen LogP) is 4.20. The Hall–Kier alpha value is -3.91. The molecule has 2 N–H and O–H groups in total. The first kappa shape index (κ1) is 21.8. The Kier molecular flexibility index (Phi) is 7.18. The third-order valence-electron chi connectivity index (χ3n) is 4.19. The molecule has 0 spiro atoms. The number of halogens is 1. The lowest BCUT2D eigenvalue weighted by Crippen LogP contribution is -2.34. The van der Waals surface area contributed by atoms with Gasteiger partial charge >= 0.3 is 5.69 Å². The molecule has 3 rings (SSSR count). The van der Waals surface area contributed by atoms with Crippen LogP contribution in [0.25, 0.3) is 0 Å². The third kappa shape index (κ3) is 6.03. The van der Waals surface area contributed by atoms with Gasteiger partial charge in [-0.1, -0.05) is 29.8 Å². The molecule has 0 unspecified atom stereocenters. The molecule has 0 saturated carbocycles. The number of carbonyl (C=O) groups excluding carboxylic acids is 2. The smallest absolute Gasteiger partial charge is 0.313 e. The molecule has 0 fully saturated rings. The van der Waals surface area contributed by atoms with Crippen molar-refractivity contribution in [2.45, 2.75) is 0 Å². The summed E-state index contributed by atoms with van der Waals surface area (Å²) >= 11 is 5.79. The highest BCUT2D eigenvalue weighted by Gasteiger charge is 2.16. The summed E-state index contributed by atoms with van der Waals surface area (Å²) in [5.41, 5.74) is 0.671. The SMILES string of the molecule is O=C(NCCNC(=O)c1ccc(Oc2ccc(Cl)cc2[N+](=O)[O-])cc1)c1ccccc1. The summed E-state index contributed by atoms with van der Waals surface area (Å²) in [5.74, 6) is -0.163. The van der Waals surface area contributed by atoms with Crippen molar-refractivity contribution in [2.75, 3.05) is 13.1 Å². The summed E-state index contributed by atoms with van der Waals surface area (Å²) in [7, 11) is 0. The van der Waals surface area contributed by atoms with Gasteiger partial charge in [-0.15, -0.1) is 0 Å². The van der Waals surface area contributed by atoms with Crippen LogP contribution in [-0.2, 0) is 0 Å². The zero-order valence-electron chi connectivity index (χ0n) is 16.2. The average Bonchev–Trinajstić information content (AvgIpc) is 2.78. The van der Waals surface area contributed by atoms with E-state index in [0.717, 1.165) is 0 Å². The highest BCUT2D eigenvalue weighted by atomic mass is 35.5. The van der Waals surface area contributed by atoms with E-state index >= 15 is 0 Å². The molecule has 0 atom stereocenters. The first-order valence-corrected chi connectivity index (χ1v) is 9.65. The summed E-state index contributed by atoms with van der Waals surface area (Å²) in [6, 6.07) is 19.0. The van der Waals surface area contributed by atoms with Gasteiger partial charge in [0, 0.05) is 35.3 Å². The number of benzene rings is 3. The number of hydrogen-bond donors (Lipinski definition) is 2. The van der Waals surface area contributed by atoms with Crippen molar-refractivity contribution >= 4 is 29.1 Å². The second kappa shape index (κ2) is 10.2. The fraction of sp³-hybridized carbons (Fsp3) is 0.0909. The van der Waals surface area contributed by atoms with Gasteiger partial charge in [-0.3, -0.25) is 19.7 Å². The number of nitro benzene ring substituents is 1. The lowest BCUT2D eigenvalue weighted by Gasteiger charge is -2.09. The number of rotatable bonds is 8. The summed E-state index contributed by atoms with van der Waals surface area (Å²) in [4.78, 5) is 34.7. The van der Waals surface area contributed by atoms with Crippen LogP contribution in [0.4, 0.5) is 5.69 Å². The summed E-state index contributed by atoms with van der Waals surface area (Å²) in [5, 5.41) is 16.8. The van der Waals surface area contributed by atoms with Crippen LogP contribution in [0.3, 0.4) is 0 Å². The fourth-order valence-electron chi connectivity index (χ4n) is 2.67. The zero-order valence-corrected chi connectivity index (χ0v) is 17.0. The van der Waals surface area contributed by atoms with E-state index in [4.69, 9.17) is 16.3 Å². The third-order valence-corrected chi connectivity index (χ3v) is 4.43. The van der Waals surface area contributed by atoms with E-state index in [1.54, 1.807) is 24.3 Å². The molecule has 0 radical (unpaired) electrons. The number of nitrogens with one attached hydrogen (secondary N) is 2. The molecule has 3 aromatic carbocycles. The number of hydrogen-bond acceptors (Lipinski definition) is 5. The first-order valence-electron chi connectivity index (χ1n) is 9.27. The summed E-state index contributed by atoms with van der Waals surface area (Å²) in [6.07, 6.45) is 0. The molecule has 0 aliphatic carbocycles. The van der Waals surface area contributed by atoms with Gasteiger partial charge in [-0.05, 0) is 48.5 Å².